The Bertz CT molecular complexity index is 751. The largest absolute Gasteiger partial charge is 0.373 e. The number of hydrogen-bond donors (Lipinski definition) is 1. The lowest BCUT2D eigenvalue weighted by Gasteiger charge is -2.18. The molecule has 0 aromatic heterocycles. The number of nitrogens with zero attached hydrogens (tertiary/aromatic N) is 1. The Morgan fingerprint density at radius 1 is 1.04 bits per heavy atom. The second-order valence-electron chi connectivity index (χ2n) is 5.71. The van der Waals surface area contributed by atoms with Crippen LogP contribution in [0.2, 0.25) is 5.02 Å². The summed E-state index contributed by atoms with van der Waals surface area (Å²) in [7, 11) is 0. The summed E-state index contributed by atoms with van der Waals surface area (Å²) in [4.78, 5) is 26.1. The number of para-hydroxylation sites is 1. The van der Waals surface area contributed by atoms with Gasteiger partial charge in [0.1, 0.15) is 6.04 Å². The molecule has 2 amide bonds. The van der Waals surface area contributed by atoms with Crippen LogP contribution in [0.15, 0.2) is 42.5 Å². The molecule has 2 aromatic rings. The zero-order valence-corrected chi connectivity index (χ0v) is 13.7. The summed E-state index contributed by atoms with van der Waals surface area (Å²) in [5.41, 5.74) is 3.57. The normalized spacial score (nSPS) is 17.7. The van der Waals surface area contributed by atoms with Gasteiger partial charge in [0.2, 0.25) is 5.91 Å². The van der Waals surface area contributed by atoms with Crippen LogP contribution < -0.4 is 10.2 Å². The number of nitrogens with one attached hydrogen (secondary N) is 1. The van der Waals surface area contributed by atoms with Crippen LogP contribution in [-0.4, -0.2) is 17.9 Å². The van der Waals surface area contributed by atoms with E-state index in [1.54, 1.807) is 24.3 Å². The molecule has 0 bridgehead atoms. The van der Waals surface area contributed by atoms with Crippen molar-refractivity contribution < 1.29 is 9.59 Å². The number of amides is 2. The first kappa shape index (κ1) is 15.6. The van der Waals surface area contributed by atoms with Gasteiger partial charge in [-0.25, -0.2) is 4.90 Å². The predicted octanol–water partition coefficient (Wildman–Crippen LogP) is 3.70. The average Bonchev–Trinajstić information content (AvgIpc) is 2.79. The van der Waals surface area contributed by atoms with Crippen LogP contribution in [0.3, 0.4) is 0 Å². The fraction of sp³-hybridized carbons (Fsp3) is 0.222. The minimum Gasteiger partial charge on any atom is -0.373 e. The minimum atomic E-state index is -0.544. The van der Waals surface area contributed by atoms with Gasteiger partial charge in [-0.15, -0.1) is 0 Å². The van der Waals surface area contributed by atoms with Gasteiger partial charge >= 0.3 is 0 Å². The van der Waals surface area contributed by atoms with E-state index in [1.165, 1.54) is 4.90 Å². The maximum absolute atomic E-state index is 12.6. The number of carbonyl (C=O) groups is 2. The third kappa shape index (κ3) is 2.94. The average molecular weight is 329 g/mol. The van der Waals surface area contributed by atoms with Gasteiger partial charge in [0.05, 0.1) is 12.1 Å². The first-order valence-electron chi connectivity index (χ1n) is 7.42. The van der Waals surface area contributed by atoms with E-state index in [2.05, 4.69) is 5.32 Å². The monoisotopic (exact) mass is 328 g/mol. The molecule has 1 aliphatic rings. The molecule has 118 valence electrons. The Morgan fingerprint density at radius 2 is 1.65 bits per heavy atom. The number of rotatable bonds is 3. The van der Waals surface area contributed by atoms with E-state index in [9.17, 15) is 9.59 Å². The maximum Gasteiger partial charge on any atom is 0.256 e. The first-order valence-corrected chi connectivity index (χ1v) is 7.80. The molecule has 0 unspecified atom stereocenters. The quantitative estimate of drug-likeness (QED) is 0.874. The zero-order chi connectivity index (χ0) is 16.6. The maximum atomic E-state index is 12.6. The Morgan fingerprint density at radius 3 is 2.26 bits per heavy atom. The molecule has 1 heterocycles. The van der Waals surface area contributed by atoms with Crippen LogP contribution in [0, 0.1) is 13.8 Å². The fourth-order valence-corrected chi connectivity index (χ4v) is 2.95. The zero-order valence-electron chi connectivity index (χ0n) is 13.0. The van der Waals surface area contributed by atoms with Gasteiger partial charge in [0.25, 0.3) is 5.91 Å². The Labute approximate surface area is 140 Å². The van der Waals surface area contributed by atoms with Gasteiger partial charge in [0.15, 0.2) is 0 Å². The van der Waals surface area contributed by atoms with Crippen molar-refractivity contribution in [2.24, 2.45) is 0 Å². The number of hydrogen-bond acceptors (Lipinski definition) is 3. The number of benzene rings is 2. The number of imide groups is 1. The van der Waals surface area contributed by atoms with Crippen LogP contribution in [0.25, 0.3) is 0 Å². The van der Waals surface area contributed by atoms with E-state index < -0.39 is 6.04 Å². The number of aryl methyl sites for hydroxylation is 2. The van der Waals surface area contributed by atoms with Crippen molar-refractivity contribution in [3.05, 3.63) is 58.6 Å². The van der Waals surface area contributed by atoms with E-state index in [4.69, 9.17) is 11.6 Å². The van der Waals surface area contributed by atoms with Crippen LogP contribution in [0.1, 0.15) is 17.5 Å². The predicted molar refractivity (Wildman–Crippen MR) is 91.9 cm³/mol. The molecule has 0 aliphatic carbocycles. The highest BCUT2D eigenvalue weighted by molar-refractivity contribution is 6.30. The number of halogens is 1. The van der Waals surface area contributed by atoms with Crippen molar-refractivity contribution in [2.75, 3.05) is 10.2 Å². The standard InChI is InChI=1S/C18H17ClN2O2/c1-11-4-3-5-12(2)17(11)20-15-10-16(22)21(18(15)23)14-8-6-13(19)7-9-14/h3-9,15,20H,10H2,1-2H3/t15-/m0/s1. The SMILES string of the molecule is Cc1cccc(C)c1N[C@H]1CC(=O)N(c2ccc(Cl)cc2)C1=O. The topological polar surface area (TPSA) is 49.4 Å². The Hall–Kier alpha value is -2.33. The van der Waals surface area contributed by atoms with Crippen LogP contribution in [0.5, 0.6) is 0 Å². The molecular weight excluding hydrogens is 312 g/mol. The molecule has 3 rings (SSSR count). The molecule has 2 aromatic carbocycles. The second-order valence-corrected chi connectivity index (χ2v) is 6.15. The molecule has 23 heavy (non-hydrogen) atoms. The van der Waals surface area contributed by atoms with E-state index in [1.807, 2.05) is 32.0 Å². The van der Waals surface area contributed by atoms with E-state index in [0.717, 1.165) is 16.8 Å². The molecular formula is C18H17ClN2O2. The van der Waals surface area contributed by atoms with Crippen molar-refractivity contribution in [1.82, 2.24) is 0 Å². The highest BCUT2D eigenvalue weighted by Crippen LogP contribution is 2.28. The van der Waals surface area contributed by atoms with Gasteiger partial charge in [-0.05, 0) is 49.2 Å². The van der Waals surface area contributed by atoms with Crippen molar-refractivity contribution in [3.63, 3.8) is 0 Å². The van der Waals surface area contributed by atoms with Crippen LogP contribution >= 0.6 is 11.6 Å². The molecule has 0 saturated carbocycles. The highest BCUT2D eigenvalue weighted by Gasteiger charge is 2.39. The summed E-state index contributed by atoms with van der Waals surface area (Å²) in [5, 5.41) is 3.80. The number of anilines is 2. The van der Waals surface area contributed by atoms with E-state index >= 15 is 0 Å². The molecule has 1 saturated heterocycles. The lowest BCUT2D eigenvalue weighted by molar-refractivity contribution is -0.121. The molecule has 1 aliphatic heterocycles. The third-order valence-corrected chi connectivity index (χ3v) is 4.28. The fourth-order valence-electron chi connectivity index (χ4n) is 2.82. The molecule has 0 radical (unpaired) electrons. The van der Waals surface area contributed by atoms with Crippen molar-refractivity contribution in [3.8, 4) is 0 Å². The van der Waals surface area contributed by atoms with E-state index in [0.29, 0.717) is 10.7 Å². The second kappa shape index (κ2) is 6.05. The molecule has 0 spiro atoms. The summed E-state index contributed by atoms with van der Waals surface area (Å²) in [6, 6.07) is 12.1. The van der Waals surface area contributed by atoms with E-state index in [-0.39, 0.29) is 18.2 Å². The number of carbonyl (C=O) groups excluding carboxylic acids is 2. The van der Waals surface area contributed by atoms with Gasteiger partial charge < -0.3 is 5.32 Å². The molecule has 4 nitrogen and oxygen atoms in total. The smallest absolute Gasteiger partial charge is 0.256 e. The molecule has 1 atom stereocenters. The molecule has 1 N–H and O–H groups in total. The lowest BCUT2D eigenvalue weighted by Crippen LogP contribution is -2.35. The van der Waals surface area contributed by atoms with Crippen LogP contribution in [-0.2, 0) is 9.59 Å². The Balaban J connectivity index is 1.85. The van der Waals surface area contributed by atoms with Gasteiger partial charge in [-0.3, -0.25) is 9.59 Å². The third-order valence-electron chi connectivity index (χ3n) is 4.03. The van der Waals surface area contributed by atoms with Crippen molar-refractivity contribution in [1.29, 1.82) is 0 Å². The van der Waals surface area contributed by atoms with Gasteiger partial charge in [-0.1, -0.05) is 29.8 Å². The van der Waals surface area contributed by atoms with Gasteiger partial charge in [0, 0.05) is 10.7 Å². The summed E-state index contributed by atoms with van der Waals surface area (Å²) < 4.78 is 0. The lowest BCUT2D eigenvalue weighted by atomic mass is 10.1. The molecule has 5 heteroatoms. The molecule has 1 fully saturated rings. The first-order chi connectivity index (χ1) is 11.0. The summed E-state index contributed by atoms with van der Waals surface area (Å²) in [6.07, 6.45) is 0.148. The van der Waals surface area contributed by atoms with Crippen LogP contribution in [0.4, 0.5) is 11.4 Å². The van der Waals surface area contributed by atoms with Crippen molar-refractivity contribution in [2.45, 2.75) is 26.3 Å². The minimum absolute atomic E-state index is 0.148. The summed E-state index contributed by atoms with van der Waals surface area (Å²) in [6.45, 7) is 3.96. The Kier molecular flexibility index (Phi) is 4.09. The highest BCUT2D eigenvalue weighted by atomic mass is 35.5. The summed E-state index contributed by atoms with van der Waals surface area (Å²) in [5.74, 6) is -0.443. The van der Waals surface area contributed by atoms with Crippen molar-refractivity contribution >= 4 is 34.8 Å². The summed E-state index contributed by atoms with van der Waals surface area (Å²) >= 11 is 5.86. The van der Waals surface area contributed by atoms with Gasteiger partial charge in [-0.2, -0.15) is 0 Å².